The van der Waals surface area contributed by atoms with E-state index in [1.54, 1.807) is 12.3 Å². The lowest BCUT2D eigenvalue weighted by Crippen LogP contribution is -2.30. The van der Waals surface area contributed by atoms with Crippen LogP contribution in [-0.2, 0) is 9.53 Å². The molecule has 188 valence electrons. The van der Waals surface area contributed by atoms with Crippen LogP contribution in [0, 0.1) is 6.92 Å². The first-order chi connectivity index (χ1) is 18.0. The lowest BCUT2D eigenvalue weighted by atomic mass is 10.0. The van der Waals surface area contributed by atoms with Crippen molar-refractivity contribution in [3.63, 3.8) is 0 Å². The Bertz CT molecular complexity index is 1420. The maximum atomic E-state index is 12.0. The number of rotatable bonds is 7. The number of pyridine rings is 1. The summed E-state index contributed by atoms with van der Waals surface area (Å²) in [6, 6.07) is 23.5. The summed E-state index contributed by atoms with van der Waals surface area (Å²) in [4.78, 5) is 18.7. The summed E-state index contributed by atoms with van der Waals surface area (Å²) < 4.78 is 7.07. The summed E-state index contributed by atoms with van der Waals surface area (Å²) in [5, 5.41) is 7.21. The van der Waals surface area contributed by atoms with Crippen molar-refractivity contribution in [2.24, 2.45) is 0 Å². The zero-order valence-electron chi connectivity index (χ0n) is 20.4. The average Bonchev–Trinajstić information content (AvgIpc) is 3.51. The fraction of sp³-hybridized carbons (Fsp3) is 0.179. The smallest absolute Gasteiger partial charge is 0.250 e. The number of benzene rings is 2. The molecule has 3 heterocycles. The van der Waals surface area contributed by atoms with Gasteiger partial charge in [0.05, 0.1) is 22.4 Å². The highest BCUT2D eigenvalue weighted by atomic mass is 35.5. The maximum absolute atomic E-state index is 12.0. The van der Waals surface area contributed by atoms with Crippen molar-refractivity contribution in [1.82, 2.24) is 14.9 Å². The largest absolute Gasteiger partial charge is 0.375 e. The standard InChI is InChI=1S/C28H26ClN5O2S/c1-18-8-10-19(11-9-18)33-15-5-7-24(33)27-26(23-6-3-4-14-30-23)32-28(37)34(27)20-12-13-22(21(29)16-20)31-25(35)17-36-2/h3-16,26-27H,17H2,1-2H3,(H,31,35)(H,32,37)/t26-,27-/m0/s1. The van der Waals surface area contributed by atoms with Crippen LogP contribution in [0.4, 0.5) is 11.4 Å². The van der Waals surface area contributed by atoms with Gasteiger partial charge in [0.1, 0.15) is 12.6 Å². The van der Waals surface area contributed by atoms with E-state index in [2.05, 4.69) is 68.5 Å². The molecule has 1 amide bonds. The van der Waals surface area contributed by atoms with Crippen molar-refractivity contribution in [3.8, 4) is 5.69 Å². The highest BCUT2D eigenvalue weighted by Crippen LogP contribution is 2.43. The van der Waals surface area contributed by atoms with Crippen LogP contribution in [-0.4, -0.2) is 34.3 Å². The molecule has 0 saturated carbocycles. The Kier molecular flexibility index (Phi) is 7.23. The summed E-state index contributed by atoms with van der Waals surface area (Å²) in [5.41, 5.74) is 5.47. The average molecular weight is 532 g/mol. The van der Waals surface area contributed by atoms with Crippen LogP contribution in [0.15, 0.2) is 85.2 Å². The summed E-state index contributed by atoms with van der Waals surface area (Å²) in [7, 11) is 1.47. The molecule has 5 rings (SSSR count). The number of carbonyl (C=O) groups is 1. The summed E-state index contributed by atoms with van der Waals surface area (Å²) in [6.07, 6.45) is 3.84. The summed E-state index contributed by atoms with van der Waals surface area (Å²) in [6.45, 7) is 2.02. The van der Waals surface area contributed by atoms with Gasteiger partial charge in [-0.3, -0.25) is 9.78 Å². The van der Waals surface area contributed by atoms with Gasteiger partial charge in [0.15, 0.2) is 5.11 Å². The van der Waals surface area contributed by atoms with Crippen LogP contribution in [0.3, 0.4) is 0 Å². The van der Waals surface area contributed by atoms with Crippen LogP contribution in [0.1, 0.15) is 29.0 Å². The first kappa shape index (κ1) is 25.0. The van der Waals surface area contributed by atoms with Crippen LogP contribution in [0.25, 0.3) is 5.69 Å². The van der Waals surface area contributed by atoms with Gasteiger partial charge < -0.3 is 24.8 Å². The number of halogens is 1. The van der Waals surface area contributed by atoms with E-state index in [0.29, 0.717) is 15.8 Å². The minimum absolute atomic E-state index is 0.0535. The minimum atomic E-state index is -0.278. The number of hydrogen-bond donors (Lipinski definition) is 2. The van der Waals surface area contributed by atoms with Gasteiger partial charge in [-0.05, 0) is 73.7 Å². The summed E-state index contributed by atoms with van der Waals surface area (Å²) in [5.74, 6) is -0.278. The van der Waals surface area contributed by atoms with Gasteiger partial charge in [0, 0.05) is 36.6 Å². The van der Waals surface area contributed by atoms with Crippen molar-refractivity contribution in [3.05, 3.63) is 107 Å². The topological polar surface area (TPSA) is 71.4 Å². The molecule has 2 aromatic carbocycles. The molecular weight excluding hydrogens is 506 g/mol. The molecule has 9 heteroatoms. The van der Waals surface area contributed by atoms with Gasteiger partial charge in [-0.25, -0.2) is 0 Å². The van der Waals surface area contributed by atoms with Crippen molar-refractivity contribution in [1.29, 1.82) is 0 Å². The Morgan fingerprint density at radius 1 is 1.11 bits per heavy atom. The van der Waals surface area contributed by atoms with E-state index in [0.717, 1.165) is 22.8 Å². The molecule has 0 bridgehead atoms. The first-order valence-corrected chi connectivity index (χ1v) is 12.6. The second kappa shape index (κ2) is 10.7. The quantitative estimate of drug-likeness (QED) is 0.303. The zero-order valence-corrected chi connectivity index (χ0v) is 22.0. The Morgan fingerprint density at radius 3 is 2.59 bits per heavy atom. The molecular formula is C28H26ClN5O2S. The molecule has 4 aromatic rings. The van der Waals surface area contributed by atoms with E-state index < -0.39 is 0 Å². The first-order valence-electron chi connectivity index (χ1n) is 11.8. The Labute approximate surface area is 226 Å². The third-order valence-corrected chi connectivity index (χ3v) is 6.90. The lowest BCUT2D eigenvalue weighted by molar-refractivity contribution is -0.119. The van der Waals surface area contributed by atoms with E-state index >= 15 is 0 Å². The van der Waals surface area contributed by atoms with Crippen LogP contribution < -0.4 is 15.5 Å². The normalized spacial score (nSPS) is 17.1. The monoisotopic (exact) mass is 531 g/mol. The summed E-state index contributed by atoms with van der Waals surface area (Å²) >= 11 is 12.5. The molecule has 1 aliphatic heterocycles. The molecule has 1 fully saturated rings. The van der Waals surface area contributed by atoms with E-state index in [9.17, 15) is 4.79 Å². The van der Waals surface area contributed by atoms with Gasteiger partial charge in [0.2, 0.25) is 5.91 Å². The van der Waals surface area contributed by atoms with Gasteiger partial charge in [-0.15, -0.1) is 0 Å². The predicted molar refractivity (Wildman–Crippen MR) is 150 cm³/mol. The maximum Gasteiger partial charge on any atom is 0.250 e. The molecule has 2 aromatic heterocycles. The number of hydrogen-bond acceptors (Lipinski definition) is 4. The highest BCUT2D eigenvalue weighted by Gasteiger charge is 2.42. The van der Waals surface area contributed by atoms with Crippen molar-refractivity contribution < 1.29 is 9.53 Å². The second-order valence-corrected chi connectivity index (χ2v) is 9.57. The molecule has 37 heavy (non-hydrogen) atoms. The van der Waals surface area contributed by atoms with Crippen LogP contribution in [0.2, 0.25) is 5.02 Å². The number of amides is 1. The second-order valence-electron chi connectivity index (χ2n) is 8.78. The van der Waals surface area contributed by atoms with Gasteiger partial charge in [0.25, 0.3) is 0 Å². The van der Waals surface area contributed by atoms with Crippen LogP contribution >= 0.6 is 23.8 Å². The van der Waals surface area contributed by atoms with Crippen molar-refractivity contribution >= 4 is 46.2 Å². The number of ether oxygens (including phenoxy) is 1. The predicted octanol–water partition coefficient (Wildman–Crippen LogP) is 5.60. The fourth-order valence-electron chi connectivity index (χ4n) is 4.58. The molecule has 0 spiro atoms. The molecule has 0 aliphatic carbocycles. The molecule has 2 N–H and O–H groups in total. The minimum Gasteiger partial charge on any atom is -0.375 e. The van der Waals surface area contributed by atoms with E-state index in [-0.39, 0.29) is 24.6 Å². The molecule has 1 saturated heterocycles. The Hall–Kier alpha value is -3.72. The molecule has 7 nitrogen and oxygen atoms in total. The molecule has 0 radical (unpaired) electrons. The van der Waals surface area contributed by atoms with E-state index in [1.807, 2.05) is 36.4 Å². The third kappa shape index (κ3) is 5.09. The SMILES string of the molecule is COCC(=O)Nc1ccc(N2C(=S)N[C@@H](c3ccccn3)[C@@H]2c2cccn2-c2ccc(C)cc2)cc1Cl. The lowest BCUT2D eigenvalue weighted by Gasteiger charge is -2.29. The zero-order chi connectivity index (χ0) is 25.9. The van der Waals surface area contributed by atoms with Gasteiger partial charge in [-0.2, -0.15) is 0 Å². The molecule has 2 atom stereocenters. The number of methoxy groups -OCH3 is 1. The van der Waals surface area contributed by atoms with E-state index in [4.69, 9.17) is 28.6 Å². The van der Waals surface area contributed by atoms with Crippen molar-refractivity contribution in [2.45, 2.75) is 19.0 Å². The number of aryl methyl sites for hydroxylation is 1. The molecule has 0 unspecified atom stereocenters. The Balaban J connectivity index is 1.58. The van der Waals surface area contributed by atoms with Gasteiger partial charge in [-0.1, -0.05) is 35.4 Å². The number of nitrogens with one attached hydrogen (secondary N) is 2. The Morgan fingerprint density at radius 2 is 1.89 bits per heavy atom. The number of nitrogens with zero attached hydrogens (tertiary/aromatic N) is 3. The van der Waals surface area contributed by atoms with Crippen LogP contribution in [0.5, 0.6) is 0 Å². The van der Waals surface area contributed by atoms with Gasteiger partial charge >= 0.3 is 0 Å². The number of carbonyl (C=O) groups excluding carboxylic acids is 1. The number of anilines is 2. The van der Waals surface area contributed by atoms with E-state index in [1.165, 1.54) is 12.7 Å². The van der Waals surface area contributed by atoms with Crippen molar-refractivity contribution in [2.75, 3.05) is 23.9 Å². The number of aromatic nitrogens is 2. The fourth-order valence-corrected chi connectivity index (χ4v) is 5.15. The number of thiocarbonyl (C=S) groups is 1. The molecule has 1 aliphatic rings. The highest BCUT2D eigenvalue weighted by molar-refractivity contribution is 7.80. The third-order valence-electron chi connectivity index (χ3n) is 6.27.